The van der Waals surface area contributed by atoms with Gasteiger partial charge in [0, 0.05) is 27.8 Å². The molecule has 0 unspecified atom stereocenters. The van der Waals surface area contributed by atoms with Crippen molar-refractivity contribution >= 4 is 40.4 Å². The minimum atomic E-state index is -0.330. The molecule has 0 bridgehead atoms. The molecule has 132 valence electrons. The second-order valence-corrected chi connectivity index (χ2v) is 5.96. The Hall–Kier alpha value is -3.18. The van der Waals surface area contributed by atoms with Crippen molar-refractivity contribution in [3.8, 4) is 5.75 Å². The van der Waals surface area contributed by atoms with E-state index in [1.807, 2.05) is 48.5 Å². The van der Waals surface area contributed by atoms with Crippen molar-refractivity contribution in [2.24, 2.45) is 0 Å². The number of rotatable bonds is 5. The molecule has 0 heterocycles. The molecule has 0 aliphatic heterocycles. The van der Waals surface area contributed by atoms with Crippen molar-refractivity contribution in [3.63, 3.8) is 0 Å². The molecule has 6 heteroatoms. The Morgan fingerprint density at radius 3 is 2.00 bits per heavy atom. The van der Waals surface area contributed by atoms with Gasteiger partial charge in [-0.1, -0.05) is 17.7 Å². The molecule has 0 saturated carbocycles. The molecule has 3 aromatic carbocycles. The van der Waals surface area contributed by atoms with E-state index in [0.29, 0.717) is 16.4 Å². The maximum absolute atomic E-state index is 12.0. The summed E-state index contributed by atoms with van der Waals surface area (Å²) in [5.41, 5.74) is 3.18. The maximum atomic E-state index is 12.0. The molecule has 5 nitrogen and oxygen atoms in total. The second kappa shape index (κ2) is 8.27. The molecule has 26 heavy (non-hydrogen) atoms. The predicted octanol–water partition coefficient (Wildman–Crippen LogP) is 5.74. The zero-order valence-electron chi connectivity index (χ0n) is 14.1. The average molecular weight is 368 g/mol. The second-order valence-electron chi connectivity index (χ2n) is 5.52. The Kier molecular flexibility index (Phi) is 5.61. The van der Waals surface area contributed by atoms with Gasteiger partial charge in [0.25, 0.3) is 0 Å². The highest BCUT2D eigenvalue weighted by Crippen LogP contribution is 2.21. The van der Waals surface area contributed by atoms with Crippen LogP contribution in [0.4, 0.5) is 27.5 Å². The Labute approximate surface area is 157 Å². The van der Waals surface area contributed by atoms with Crippen molar-refractivity contribution in [2.45, 2.75) is 0 Å². The molecule has 3 aromatic rings. The Balaban J connectivity index is 1.57. The number of amides is 2. The van der Waals surface area contributed by atoms with Crippen LogP contribution < -0.4 is 20.7 Å². The molecule has 0 radical (unpaired) electrons. The standard InChI is InChI=1S/C20H18ClN3O2/c1-26-19-11-9-16(10-12-19)22-15-5-7-17(8-6-15)23-20(25)24-18-4-2-3-14(21)13-18/h2-13,22H,1H3,(H2,23,24,25). The van der Waals surface area contributed by atoms with Crippen LogP contribution in [0, 0.1) is 0 Å². The summed E-state index contributed by atoms with van der Waals surface area (Å²) in [5, 5.41) is 9.36. The first kappa shape index (κ1) is 17.6. The van der Waals surface area contributed by atoms with Crippen LogP contribution >= 0.6 is 11.6 Å². The van der Waals surface area contributed by atoms with Gasteiger partial charge in [-0.25, -0.2) is 4.79 Å². The first-order valence-corrected chi connectivity index (χ1v) is 8.35. The van der Waals surface area contributed by atoms with E-state index in [1.54, 1.807) is 31.4 Å². The van der Waals surface area contributed by atoms with Gasteiger partial charge in [-0.05, 0) is 66.7 Å². The van der Waals surface area contributed by atoms with Crippen molar-refractivity contribution in [1.82, 2.24) is 0 Å². The summed E-state index contributed by atoms with van der Waals surface area (Å²) in [5.74, 6) is 0.806. The first-order valence-electron chi connectivity index (χ1n) is 7.97. The van der Waals surface area contributed by atoms with Crippen LogP contribution in [-0.2, 0) is 0 Å². The Morgan fingerprint density at radius 2 is 1.38 bits per heavy atom. The highest BCUT2D eigenvalue weighted by Gasteiger charge is 2.03. The van der Waals surface area contributed by atoms with Crippen molar-refractivity contribution in [1.29, 1.82) is 0 Å². The number of halogens is 1. The van der Waals surface area contributed by atoms with Gasteiger partial charge < -0.3 is 20.7 Å². The minimum Gasteiger partial charge on any atom is -0.497 e. The molecular formula is C20H18ClN3O2. The monoisotopic (exact) mass is 367 g/mol. The molecule has 3 rings (SSSR count). The molecule has 2 amide bonds. The van der Waals surface area contributed by atoms with Gasteiger partial charge in [-0.2, -0.15) is 0 Å². The number of urea groups is 1. The molecule has 3 N–H and O–H groups in total. The summed E-state index contributed by atoms with van der Waals surface area (Å²) in [6, 6.07) is 21.7. The van der Waals surface area contributed by atoms with E-state index in [9.17, 15) is 4.79 Å². The van der Waals surface area contributed by atoms with Crippen LogP contribution in [0.15, 0.2) is 72.8 Å². The lowest BCUT2D eigenvalue weighted by atomic mass is 10.2. The fourth-order valence-electron chi connectivity index (χ4n) is 2.34. The molecule has 0 aliphatic carbocycles. The summed E-state index contributed by atoms with van der Waals surface area (Å²) in [6.45, 7) is 0. The van der Waals surface area contributed by atoms with Gasteiger partial charge in [-0.15, -0.1) is 0 Å². The Morgan fingerprint density at radius 1 is 0.808 bits per heavy atom. The smallest absolute Gasteiger partial charge is 0.323 e. The SMILES string of the molecule is COc1ccc(Nc2ccc(NC(=O)Nc3cccc(Cl)c3)cc2)cc1. The summed E-state index contributed by atoms with van der Waals surface area (Å²) >= 11 is 5.90. The largest absolute Gasteiger partial charge is 0.497 e. The third-order valence-electron chi connectivity index (χ3n) is 3.60. The van der Waals surface area contributed by atoms with Gasteiger partial charge in [-0.3, -0.25) is 0 Å². The Bertz CT molecular complexity index is 880. The van der Waals surface area contributed by atoms with Crippen LogP contribution in [0.5, 0.6) is 5.75 Å². The number of carbonyl (C=O) groups is 1. The van der Waals surface area contributed by atoms with Gasteiger partial charge in [0.2, 0.25) is 0 Å². The van der Waals surface area contributed by atoms with Crippen LogP contribution in [0.25, 0.3) is 0 Å². The number of hydrogen-bond acceptors (Lipinski definition) is 3. The molecule has 0 atom stereocenters. The number of ether oxygens (including phenoxy) is 1. The molecule has 0 aromatic heterocycles. The van der Waals surface area contributed by atoms with E-state index >= 15 is 0 Å². The lowest BCUT2D eigenvalue weighted by molar-refractivity contribution is 0.262. The molecule has 0 fully saturated rings. The molecular weight excluding hydrogens is 350 g/mol. The van der Waals surface area contributed by atoms with E-state index in [1.165, 1.54) is 0 Å². The lowest BCUT2D eigenvalue weighted by Crippen LogP contribution is -2.19. The number of nitrogens with one attached hydrogen (secondary N) is 3. The number of methoxy groups -OCH3 is 1. The topological polar surface area (TPSA) is 62.4 Å². The fourth-order valence-corrected chi connectivity index (χ4v) is 2.53. The molecule has 0 spiro atoms. The van der Waals surface area contributed by atoms with Gasteiger partial charge in [0.15, 0.2) is 0 Å². The highest BCUT2D eigenvalue weighted by atomic mass is 35.5. The number of carbonyl (C=O) groups excluding carboxylic acids is 1. The average Bonchev–Trinajstić information content (AvgIpc) is 2.64. The third-order valence-corrected chi connectivity index (χ3v) is 3.84. The van der Waals surface area contributed by atoms with E-state index in [2.05, 4.69) is 16.0 Å². The number of hydrogen-bond donors (Lipinski definition) is 3. The van der Waals surface area contributed by atoms with Crippen molar-refractivity contribution in [2.75, 3.05) is 23.1 Å². The number of benzene rings is 3. The van der Waals surface area contributed by atoms with Gasteiger partial charge >= 0.3 is 6.03 Å². The summed E-state index contributed by atoms with van der Waals surface area (Å²) in [4.78, 5) is 12.0. The third kappa shape index (κ3) is 4.91. The molecule has 0 aliphatic rings. The predicted molar refractivity (Wildman–Crippen MR) is 107 cm³/mol. The van der Waals surface area contributed by atoms with E-state index in [0.717, 1.165) is 17.1 Å². The summed E-state index contributed by atoms with van der Waals surface area (Å²) < 4.78 is 5.14. The normalized spacial score (nSPS) is 10.1. The lowest BCUT2D eigenvalue weighted by Gasteiger charge is -2.10. The number of anilines is 4. The van der Waals surface area contributed by atoms with E-state index in [4.69, 9.17) is 16.3 Å². The van der Waals surface area contributed by atoms with Gasteiger partial charge in [0.05, 0.1) is 7.11 Å². The van der Waals surface area contributed by atoms with Crippen LogP contribution in [0.1, 0.15) is 0 Å². The summed E-state index contributed by atoms with van der Waals surface area (Å²) in [7, 11) is 1.64. The van der Waals surface area contributed by atoms with E-state index in [-0.39, 0.29) is 6.03 Å². The molecule has 0 saturated heterocycles. The van der Waals surface area contributed by atoms with Crippen molar-refractivity contribution in [3.05, 3.63) is 77.8 Å². The zero-order valence-corrected chi connectivity index (χ0v) is 14.9. The first-order chi connectivity index (χ1) is 12.6. The van der Waals surface area contributed by atoms with Gasteiger partial charge in [0.1, 0.15) is 5.75 Å². The quantitative estimate of drug-likeness (QED) is 0.539. The highest BCUT2D eigenvalue weighted by molar-refractivity contribution is 6.30. The summed E-state index contributed by atoms with van der Waals surface area (Å²) in [6.07, 6.45) is 0. The van der Waals surface area contributed by atoms with Crippen LogP contribution in [-0.4, -0.2) is 13.1 Å². The van der Waals surface area contributed by atoms with E-state index < -0.39 is 0 Å². The van der Waals surface area contributed by atoms with Crippen LogP contribution in [0.3, 0.4) is 0 Å². The van der Waals surface area contributed by atoms with Crippen molar-refractivity contribution < 1.29 is 9.53 Å². The zero-order chi connectivity index (χ0) is 18.4. The maximum Gasteiger partial charge on any atom is 0.323 e. The minimum absolute atomic E-state index is 0.330. The fraction of sp³-hybridized carbons (Fsp3) is 0.0500. The van der Waals surface area contributed by atoms with Crippen LogP contribution in [0.2, 0.25) is 5.02 Å².